The van der Waals surface area contributed by atoms with Gasteiger partial charge in [0.25, 0.3) is 0 Å². The van der Waals surface area contributed by atoms with E-state index in [2.05, 4.69) is 15.9 Å². The lowest BCUT2D eigenvalue weighted by Crippen LogP contribution is -2.26. The number of rotatable bonds is 0. The first kappa shape index (κ1) is 12.6. The largest absolute Gasteiger partial charge is 0.416 e. The third-order valence-corrected chi connectivity index (χ3v) is 2.19. The topological polar surface area (TPSA) is 0 Å². The summed E-state index contributed by atoms with van der Waals surface area (Å²) in [6.07, 6.45) is -8.02. The Morgan fingerprint density at radius 1 is 1.07 bits per heavy atom. The Kier molecular flexibility index (Phi) is 3.23. The molecule has 0 saturated heterocycles. The van der Waals surface area contributed by atoms with Crippen molar-refractivity contribution in [2.45, 2.75) is 12.4 Å². The summed E-state index contributed by atoms with van der Waals surface area (Å²) in [5, 5.41) is 0. The SMILES string of the molecule is FC(F)(F)C1=CC(C(F)(F)F)[CH]C(Br)=C1. The van der Waals surface area contributed by atoms with Gasteiger partial charge < -0.3 is 0 Å². The minimum atomic E-state index is -4.77. The van der Waals surface area contributed by atoms with Crippen molar-refractivity contribution in [1.29, 1.82) is 0 Å². The van der Waals surface area contributed by atoms with Gasteiger partial charge in [-0.15, -0.1) is 0 Å². The molecule has 0 saturated carbocycles. The summed E-state index contributed by atoms with van der Waals surface area (Å²) in [4.78, 5) is 0. The van der Waals surface area contributed by atoms with Crippen LogP contribution in [0.15, 0.2) is 22.2 Å². The second kappa shape index (κ2) is 3.84. The Labute approximate surface area is 89.8 Å². The van der Waals surface area contributed by atoms with Gasteiger partial charge in [0.1, 0.15) is 0 Å². The zero-order chi connectivity index (χ0) is 11.9. The Morgan fingerprint density at radius 2 is 1.60 bits per heavy atom. The molecule has 0 amide bonds. The van der Waals surface area contributed by atoms with Crippen molar-refractivity contribution in [3.63, 3.8) is 0 Å². The van der Waals surface area contributed by atoms with Gasteiger partial charge in [0.15, 0.2) is 0 Å². The molecule has 0 aromatic heterocycles. The summed E-state index contributed by atoms with van der Waals surface area (Å²) in [7, 11) is 0. The lowest BCUT2D eigenvalue weighted by atomic mass is 9.95. The van der Waals surface area contributed by atoms with Crippen molar-refractivity contribution in [2.75, 3.05) is 0 Å². The summed E-state index contributed by atoms with van der Waals surface area (Å²) in [5.41, 5.74) is -1.29. The molecule has 1 aliphatic carbocycles. The van der Waals surface area contributed by atoms with Gasteiger partial charge in [-0.2, -0.15) is 26.3 Å². The fraction of sp³-hybridized carbons (Fsp3) is 0.375. The van der Waals surface area contributed by atoms with Crippen molar-refractivity contribution >= 4 is 15.9 Å². The van der Waals surface area contributed by atoms with Crippen LogP contribution >= 0.6 is 15.9 Å². The van der Waals surface area contributed by atoms with Crippen molar-refractivity contribution in [2.24, 2.45) is 5.92 Å². The molecule has 85 valence electrons. The molecule has 0 nitrogen and oxygen atoms in total. The molecule has 1 rings (SSSR count). The number of alkyl halides is 6. The second-order valence-electron chi connectivity index (χ2n) is 2.88. The average molecular weight is 294 g/mol. The van der Waals surface area contributed by atoms with E-state index in [-0.39, 0.29) is 10.6 Å². The van der Waals surface area contributed by atoms with Crippen LogP contribution in [-0.4, -0.2) is 12.4 Å². The molecular formula is C8H4BrF6. The predicted molar refractivity (Wildman–Crippen MR) is 45.0 cm³/mol. The minimum Gasteiger partial charge on any atom is -0.170 e. The Bertz CT molecular complexity index is 308. The van der Waals surface area contributed by atoms with Crippen LogP contribution < -0.4 is 0 Å². The van der Waals surface area contributed by atoms with Crippen LogP contribution in [-0.2, 0) is 0 Å². The molecule has 15 heavy (non-hydrogen) atoms. The molecule has 0 aromatic carbocycles. The number of allylic oxidation sites excluding steroid dienone is 4. The zero-order valence-electron chi connectivity index (χ0n) is 6.96. The molecule has 1 unspecified atom stereocenters. The summed E-state index contributed by atoms with van der Waals surface area (Å²) in [5.74, 6) is -2.20. The van der Waals surface area contributed by atoms with Gasteiger partial charge in [0, 0.05) is 10.9 Å². The lowest BCUT2D eigenvalue weighted by molar-refractivity contribution is -0.153. The molecule has 1 atom stereocenters. The summed E-state index contributed by atoms with van der Waals surface area (Å²) in [6, 6.07) is 0. The van der Waals surface area contributed by atoms with Gasteiger partial charge in [0.05, 0.1) is 11.5 Å². The van der Waals surface area contributed by atoms with Crippen LogP contribution in [0, 0.1) is 12.3 Å². The van der Waals surface area contributed by atoms with E-state index in [1.54, 1.807) is 0 Å². The van der Waals surface area contributed by atoms with Crippen molar-refractivity contribution in [1.82, 2.24) is 0 Å². The fourth-order valence-corrected chi connectivity index (χ4v) is 1.55. The molecule has 0 heterocycles. The number of hydrogen-bond acceptors (Lipinski definition) is 0. The summed E-state index contributed by atoms with van der Waals surface area (Å²) < 4.78 is 72.8. The van der Waals surface area contributed by atoms with Crippen molar-refractivity contribution in [3.8, 4) is 0 Å². The molecule has 0 aromatic rings. The highest BCUT2D eigenvalue weighted by atomic mass is 79.9. The maximum atomic E-state index is 12.2. The maximum absolute atomic E-state index is 12.2. The minimum absolute atomic E-state index is 0.157. The normalized spacial score (nSPS) is 23.5. The van der Waals surface area contributed by atoms with Gasteiger partial charge in [-0.1, -0.05) is 22.0 Å². The molecule has 1 radical (unpaired) electrons. The predicted octanol–water partition coefficient (Wildman–Crippen LogP) is 4.15. The van der Waals surface area contributed by atoms with Crippen LogP contribution in [0.4, 0.5) is 26.3 Å². The third kappa shape index (κ3) is 3.25. The highest BCUT2D eigenvalue weighted by Gasteiger charge is 2.43. The van der Waals surface area contributed by atoms with Crippen LogP contribution in [0.5, 0.6) is 0 Å². The smallest absolute Gasteiger partial charge is 0.170 e. The molecule has 1 aliphatic rings. The van der Waals surface area contributed by atoms with E-state index in [0.717, 1.165) is 0 Å². The van der Waals surface area contributed by atoms with E-state index >= 15 is 0 Å². The average Bonchev–Trinajstić information content (AvgIpc) is 1.99. The quantitative estimate of drug-likeness (QED) is 0.589. The Hall–Kier alpha value is -0.460. The molecule has 0 fully saturated rings. The van der Waals surface area contributed by atoms with Gasteiger partial charge in [-0.05, 0) is 6.08 Å². The van der Waals surface area contributed by atoms with Crippen molar-refractivity contribution < 1.29 is 26.3 Å². The van der Waals surface area contributed by atoms with E-state index in [0.29, 0.717) is 12.5 Å². The number of halogens is 7. The molecule has 0 bridgehead atoms. The molecule has 0 spiro atoms. The first-order valence-corrected chi connectivity index (χ1v) is 4.48. The molecule has 0 aliphatic heterocycles. The third-order valence-electron chi connectivity index (χ3n) is 1.70. The highest BCUT2D eigenvalue weighted by Crippen LogP contribution is 2.41. The van der Waals surface area contributed by atoms with E-state index in [4.69, 9.17) is 0 Å². The molecular weight excluding hydrogens is 290 g/mol. The van der Waals surface area contributed by atoms with E-state index < -0.39 is 23.8 Å². The van der Waals surface area contributed by atoms with Gasteiger partial charge in [-0.25, -0.2) is 0 Å². The monoisotopic (exact) mass is 293 g/mol. The van der Waals surface area contributed by atoms with Crippen LogP contribution in [0.25, 0.3) is 0 Å². The van der Waals surface area contributed by atoms with Gasteiger partial charge in [0.2, 0.25) is 0 Å². The van der Waals surface area contributed by atoms with E-state index in [1.807, 2.05) is 0 Å². The van der Waals surface area contributed by atoms with E-state index in [9.17, 15) is 26.3 Å². The van der Waals surface area contributed by atoms with Crippen LogP contribution in [0.3, 0.4) is 0 Å². The maximum Gasteiger partial charge on any atom is 0.416 e. The fourth-order valence-electron chi connectivity index (χ4n) is 1.02. The first-order chi connectivity index (χ1) is 6.60. The Morgan fingerprint density at radius 3 is 2.00 bits per heavy atom. The zero-order valence-corrected chi connectivity index (χ0v) is 8.54. The van der Waals surface area contributed by atoms with Gasteiger partial charge >= 0.3 is 12.4 Å². The van der Waals surface area contributed by atoms with Gasteiger partial charge in [-0.3, -0.25) is 0 Å². The second-order valence-corrected chi connectivity index (χ2v) is 3.80. The highest BCUT2D eigenvalue weighted by molar-refractivity contribution is 9.11. The van der Waals surface area contributed by atoms with Crippen LogP contribution in [0.1, 0.15) is 0 Å². The molecule has 7 heteroatoms. The molecule has 0 N–H and O–H groups in total. The summed E-state index contributed by atoms with van der Waals surface area (Å²) >= 11 is 2.62. The number of hydrogen-bond donors (Lipinski definition) is 0. The summed E-state index contributed by atoms with van der Waals surface area (Å²) in [6.45, 7) is 0. The standard InChI is InChI=1S/C8H4BrF6/c9-6-2-4(7(10,11)12)1-5(3-6)8(13,14)15/h1-4H. The first-order valence-electron chi connectivity index (χ1n) is 3.68. The Balaban J connectivity index is 3.02. The lowest BCUT2D eigenvalue weighted by Gasteiger charge is -2.22. The van der Waals surface area contributed by atoms with Crippen LogP contribution in [0.2, 0.25) is 0 Å². The van der Waals surface area contributed by atoms with Crippen molar-refractivity contribution in [3.05, 3.63) is 28.6 Å². The van der Waals surface area contributed by atoms with E-state index in [1.165, 1.54) is 0 Å².